The standard InChI is InChI=1S/C13H23N3O/c1-14-12(13-5-3-4-10-17-13)7-6-11-8-9-15-16(11)2/h8-9,12-14H,3-7,10H2,1-2H3. The average molecular weight is 237 g/mol. The molecular weight excluding hydrogens is 214 g/mol. The number of ether oxygens (including phenoxy) is 1. The van der Waals surface area contributed by atoms with Crippen molar-refractivity contribution in [1.82, 2.24) is 15.1 Å². The van der Waals surface area contributed by atoms with E-state index in [1.54, 1.807) is 0 Å². The van der Waals surface area contributed by atoms with Crippen LogP contribution in [-0.4, -0.2) is 35.6 Å². The maximum atomic E-state index is 5.85. The van der Waals surface area contributed by atoms with E-state index in [1.165, 1.54) is 25.0 Å². The molecular formula is C13H23N3O. The Morgan fingerprint density at radius 1 is 1.59 bits per heavy atom. The Balaban J connectivity index is 1.84. The van der Waals surface area contributed by atoms with Crippen LogP contribution in [0.3, 0.4) is 0 Å². The molecule has 0 spiro atoms. The van der Waals surface area contributed by atoms with Crippen LogP contribution in [0.15, 0.2) is 12.3 Å². The van der Waals surface area contributed by atoms with E-state index in [2.05, 4.69) is 16.5 Å². The number of aryl methyl sites for hydroxylation is 2. The molecule has 1 saturated heterocycles. The molecule has 2 atom stereocenters. The molecule has 1 fully saturated rings. The lowest BCUT2D eigenvalue weighted by Crippen LogP contribution is -2.41. The maximum Gasteiger partial charge on any atom is 0.0728 e. The van der Waals surface area contributed by atoms with Gasteiger partial charge in [-0.25, -0.2) is 0 Å². The monoisotopic (exact) mass is 237 g/mol. The van der Waals surface area contributed by atoms with Crippen LogP contribution in [0.4, 0.5) is 0 Å². The minimum Gasteiger partial charge on any atom is -0.377 e. The van der Waals surface area contributed by atoms with Gasteiger partial charge in [-0.3, -0.25) is 4.68 Å². The first-order chi connectivity index (χ1) is 8.31. The highest BCUT2D eigenvalue weighted by molar-refractivity contribution is 5.00. The lowest BCUT2D eigenvalue weighted by molar-refractivity contribution is -0.00768. The van der Waals surface area contributed by atoms with Gasteiger partial charge in [0.1, 0.15) is 0 Å². The van der Waals surface area contributed by atoms with Crippen LogP contribution in [0, 0.1) is 0 Å². The largest absolute Gasteiger partial charge is 0.377 e. The number of nitrogens with one attached hydrogen (secondary N) is 1. The molecule has 0 aliphatic carbocycles. The fourth-order valence-corrected chi connectivity index (χ4v) is 2.55. The first-order valence-corrected chi connectivity index (χ1v) is 6.57. The third-order valence-corrected chi connectivity index (χ3v) is 3.67. The zero-order valence-corrected chi connectivity index (χ0v) is 10.9. The molecule has 1 N–H and O–H groups in total. The molecule has 0 radical (unpaired) electrons. The van der Waals surface area contributed by atoms with Crippen molar-refractivity contribution in [3.8, 4) is 0 Å². The quantitative estimate of drug-likeness (QED) is 0.843. The molecule has 4 heteroatoms. The average Bonchev–Trinajstić information content (AvgIpc) is 2.77. The number of aromatic nitrogens is 2. The summed E-state index contributed by atoms with van der Waals surface area (Å²) in [4.78, 5) is 0. The first kappa shape index (κ1) is 12.6. The van der Waals surface area contributed by atoms with Crippen LogP contribution in [0.25, 0.3) is 0 Å². The summed E-state index contributed by atoms with van der Waals surface area (Å²) in [6.45, 7) is 0.925. The Labute approximate surface area is 103 Å². The van der Waals surface area contributed by atoms with E-state index in [1.807, 2.05) is 25.0 Å². The molecule has 2 heterocycles. The lowest BCUT2D eigenvalue weighted by Gasteiger charge is -2.30. The summed E-state index contributed by atoms with van der Waals surface area (Å²) in [7, 11) is 4.03. The molecule has 96 valence electrons. The van der Waals surface area contributed by atoms with Gasteiger partial charge in [-0.05, 0) is 45.2 Å². The van der Waals surface area contributed by atoms with Gasteiger partial charge < -0.3 is 10.1 Å². The number of likely N-dealkylation sites (N-methyl/N-ethyl adjacent to an activating group) is 1. The number of hydrogen-bond acceptors (Lipinski definition) is 3. The van der Waals surface area contributed by atoms with Gasteiger partial charge in [0, 0.05) is 31.6 Å². The number of rotatable bonds is 5. The van der Waals surface area contributed by atoms with E-state index in [0.717, 1.165) is 19.4 Å². The third kappa shape index (κ3) is 3.30. The summed E-state index contributed by atoms with van der Waals surface area (Å²) in [5.41, 5.74) is 1.29. The van der Waals surface area contributed by atoms with E-state index >= 15 is 0 Å². The second-order valence-electron chi connectivity index (χ2n) is 4.79. The highest BCUT2D eigenvalue weighted by Gasteiger charge is 2.23. The normalized spacial score (nSPS) is 22.6. The molecule has 1 aromatic heterocycles. The Kier molecular flexibility index (Phi) is 4.57. The van der Waals surface area contributed by atoms with Crippen LogP contribution in [-0.2, 0) is 18.2 Å². The molecule has 1 aliphatic heterocycles. The van der Waals surface area contributed by atoms with Gasteiger partial charge in [0.25, 0.3) is 0 Å². The molecule has 4 nitrogen and oxygen atoms in total. The number of nitrogens with zero attached hydrogens (tertiary/aromatic N) is 2. The summed E-state index contributed by atoms with van der Waals surface area (Å²) in [6.07, 6.45) is 8.13. The molecule has 0 bridgehead atoms. The zero-order valence-electron chi connectivity index (χ0n) is 10.9. The number of hydrogen-bond donors (Lipinski definition) is 1. The highest BCUT2D eigenvalue weighted by atomic mass is 16.5. The van der Waals surface area contributed by atoms with Crippen LogP contribution >= 0.6 is 0 Å². The fourth-order valence-electron chi connectivity index (χ4n) is 2.55. The summed E-state index contributed by atoms with van der Waals surface area (Å²) >= 11 is 0. The Hall–Kier alpha value is -0.870. The first-order valence-electron chi connectivity index (χ1n) is 6.57. The van der Waals surface area contributed by atoms with E-state index in [0.29, 0.717) is 12.1 Å². The third-order valence-electron chi connectivity index (χ3n) is 3.67. The second kappa shape index (κ2) is 6.17. The zero-order chi connectivity index (χ0) is 12.1. The van der Waals surface area contributed by atoms with Gasteiger partial charge in [0.15, 0.2) is 0 Å². The van der Waals surface area contributed by atoms with Crippen LogP contribution in [0.5, 0.6) is 0 Å². The summed E-state index contributed by atoms with van der Waals surface area (Å²) < 4.78 is 7.80. The van der Waals surface area contributed by atoms with Gasteiger partial charge in [-0.2, -0.15) is 5.10 Å². The minimum atomic E-state index is 0.391. The van der Waals surface area contributed by atoms with E-state index < -0.39 is 0 Å². The molecule has 0 aromatic carbocycles. The van der Waals surface area contributed by atoms with Gasteiger partial charge in [0.05, 0.1) is 6.10 Å². The predicted octanol–water partition coefficient (Wildman–Crippen LogP) is 1.51. The van der Waals surface area contributed by atoms with Gasteiger partial charge >= 0.3 is 0 Å². The fraction of sp³-hybridized carbons (Fsp3) is 0.769. The van der Waals surface area contributed by atoms with E-state index in [-0.39, 0.29) is 0 Å². The van der Waals surface area contributed by atoms with Crippen LogP contribution in [0.1, 0.15) is 31.4 Å². The van der Waals surface area contributed by atoms with Crippen molar-refractivity contribution in [2.75, 3.05) is 13.7 Å². The molecule has 1 aromatic rings. The van der Waals surface area contributed by atoms with E-state index in [9.17, 15) is 0 Å². The van der Waals surface area contributed by atoms with Crippen molar-refractivity contribution in [3.05, 3.63) is 18.0 Å². The Bertz CT molecular complexity index is 331. The summed E-state index contributed by atoms with van der Waals surface area (Å²) in [5.74, 6) is 0. The van der Waals surface area contributed by atoms with Gasteiger partial charge in [0.2, 0.25) is 0 Å². The highest BCUT2D eigenvalue weighted by Crippen LogP contribution is 2.18. The summed E-state index contributed by atoms with van der Waals surface area (Å²) in [5, 5.41) is 7.60. The predicted molar refractivity (Wildman–Crippen MR) is 68.0 cm³/mol. The van der Waals surface area contributed by atoms with Crippen molar-refractivity contribution in [2.24, 2.45) is 7.05 Å². The smallest absolute Gasteiger partial charge is 0.0728 e. The minimum absolute atomic E-state index is 0.391. The molecule has 2 unspecified atom stereocenters. The van der Waals surface area contributed by atoms with Crippen LogP contribution < -0.4 is 5.32 Å². The van der Waals surface area contributed by atoms with Gasteiger partial charge in [-0.15, -0.1) is 0 Å². The maximum absolute atomic E-state index is 5.85. The summed E-state index contributed by atoms with van der Waals surface area (Å²) in [6, 6.07) is 2.55. The second-order valence-corrected chi connectivity index (χ2v) is 4.79. The van der Waals surface area contributed by atoms with Crippen molar-refractivity contribution in [1.29, 1.82) is 0 Å². The Morgan fingerprint density at radius 2 is 2.47 bits per heavy atom. The van der Waals surface area contributed by atoms with Gasteiger partial charge in [-0.1, -0.05) is 0 Å². The SMILES string of the molecule is CNC(CCc1ccnn1C)C1CCCCO1. The van der Waals surface area contributed by atoms with Crippen molar-refractivity contribution in [3.63, 3.8) is 0 Å². The lowest BCUT2D eigenvalue weighted by atomic mass is 9.98. The molecule has 0 saturated carbocycles. The molecule has 0 amide bonds. The van der Waals surface area contributed by atoms with Crippen molar-refractivity contribution < 1.29 is 4.74 Å². The van der Waals surface area contributed by atoms with Crippen molar-refractivity contribution >= 4 is 0 Å². The van der Waals surface area contributed by atoms with E-state index in [4.69, 9.17) is 4.74 Å². The molecule has 2 rings (SSSR count). The van der Waals surface area contributed by atoms with Crippen LogP contribution in [0.2, 0.25) is 0 Å². The van der Waals surface area contributed by atoms with Crippen molar-refractivity contribution in [2.45, 2.75) is 44.2 Å². The molecule has 1 aliphatic rings. The topological polar surface area (TPSA) is 39.1 Å². The molecule has 17 heavy (non-hydrogen) atoms. The Morgan fingerprint density at radius 3 is 3.06 bits per heavy atom.